The second kappa shape index (κ2) is 11.6. The molecular weight excluding hydrogens is 503 g/mol. The maximum atomic E-state index is 12.9. The average molecular weight is 536 g/mol. The topological polar surface area (TPSA) is 99.9 Å². The molecule has 38 heavy (non-hydrogen) atoms. The summed E-state index contributed by atoms with van der Waals surface area (Å²) >= 11 is 0. The first-order valence-electron chi connectivity index (χ1n) is 12.5. The van der Waals surface area contributed by atoms with Gasteiger partial charge >= 0.3 is 6.18 Å². The normalized spacial score (nSPS) is 22.0. The number of ether oxygens (including phenoxy) is 1. The van der Waals surface area contributed by atoms with Crippen molar-refractivity contribution in [1.82, 2.24) is 20.7 Å². The van der Waals surface area contributed by atoms with Crippen molar-refractivity contribution < 1.29 is 32.0 Å². The van der Waals surface area contributed by atoms with Gasteiger partial charge in [0.05, 0.1) is 30.9 Å². The van der Waals surface area contributed by atoms with E-state index in [9.17, 15) is 22.8 Å². The highest BCUT2D eigenvalue weighted by molar-refractivity contribution is 5.96. The number of nitrogens with one attached hydrogen (secondary N) is 2. The summed E-state index contributed by atoms with van der Waals surface area (Å²) in [6.07, 6.45) is -2.26. The number of hydrogen-bond acceptors (Lipinski definition) is 7. The molecule has 2 N–H and O–H groups in total. The van der Waals surface area contributed by atoms with Crippen LogP contribution in [0.15, 0.2) is 41.4 Å². The van der Waals surface area contributed by atoms with Gasteiger partial charge in [-0.05, 0) is 38.5 Å². The van der Waals surface area contributed by atoms with Gasteiger partial charge in [0.25, 0.3) is 5.91 Å². The Kier molecular flexibility index (Phi) is 8.41. The molecule has 1 aromatic carbocycles. The summed E-state index contributed by atoms with van der Waals surface area (Å²) in [5.74, 6) is -0.425. The van der Waals surface area contributed by atoms with E-state index in [1.54, 1.807) is 6.08 Å². The first kappa shape index (κ1) is 27.6. The Balaban J connectivity index is 1.33. The van der Waals surface area contributed by atoms with Crippen LogP contribution in [0.25, 0.3) is 0 Å². The van der Waals surface area contributed by atoms with Gasteiger partial charge in [-0.25, -0.2) is 0 Å². The van der Waals surface area contributed by atoms with Crippen molar-refractivity contribution in [3.8, 4) is 0 Å². The molecule has 2 amide bonds. The molecule has 12 heteroatoms. The largest absolute Gasteiger partial charge is 0.416 e. The average Bonchev–Trinajstić information content (AvgIpc) is 3.59. The fourth-order valence-corrected chi connectivity index (χ4v) is 5.13. The minimum absolute atomic E-state index is 0.170. The number of aryl methyl sites for hydroxylation is 2. The highest BCUT2D eigenvalue weighted by atomic mass is 19.4. The van der Waals surface area contributed by atoms with E-state index in [-0.39, 0.29) is 30.3 Å². The van der Waals surface area contributed by atoms with Gasteiger partial charge < -0.3 is 24.8 Å². The fraction of sp³-hybridized carbons (Fsp3) is 0.500. The summed E-state index contributed by atoms with van der Waals surface area (Å²) in [4.78, 5) is 29.6. The Morgan fingerprint density at radius 1 is 1.26 bits per heavy atom. The Labute approximate surface area is 219 Å². The third kappa shape index (κ3) is 6.36. The van der Waals surface area contributed by atoms with Crippen molar-refractivity contribution in [2.45, 2.75) is 44.6 Å². The minimum Gasteiger partial charge on any atom is -0.371 e. The highest BCUT2D eigenvalue weighted by Gasteiger charge is 2.40. The fourth-order valence-electron chi connectivity index (χ4n) is 5.13. The molecule has 2 aromatic rings. The van der Waals surface area contributed by atoms with E-state index in [1.807, 2.05) is 13.8 Å². The van der Waals surface area contributed by atoms with Crippen LogP contribution < -0.4 is 15.5 Å². The molecule has 3 atom stereocenters. The molecule has 0 bridgehead atoms. The van der Waals surface area contributed by atoms with Crippen molar-refractivity contribution in [1.29, 1.82) is 0 Å². The molecule has 0 saturated carbocycles. The van der Waals surface area contributed by atoms with Crippen LogP contribution in [0.2, 0.25) is 0 Å². The van der Waals surface area contributed by atoms with Gasteiger partial charge in [0.2, 0.25) is 5.91 Å². The number of carbonyl (C=O) groups is 2. The summed E-state index contributed by atoms with van der Waals surface area (Å²) in [5.41, 5.74) is 0.778. The summed E-state index contributed by atoms with van der Waals surface area (Å²) in [6, 6.07) is 4.00. The standard InChI is InChI=1S/C26H32F3N5O4/c1-4-10-37-22-15-34(20-8-9-33(13-20)24-16(2)32-38-17(24)3)14-21(22)31-23(35)12-30-25(36)18-6-5-7-19(11-18)26(27,28)29/h4-7,11,20-22H,1,8-10,12-15H2,2-3H3,(H,30,36)(H,31,35)/t20?,21?,22-/m0/s1. The summed E-state index contributed by atoms with van der Waals surface area (Å²) in [7, 11) is 0. The number of carbonyl (C=O) groups excluding carboxylic acids is 2. The maximum Gasteiger partial charge on any atom is 0.416 e. The zero-order chi connectivity index (χ0) is 27.4. The van der Waals surface area contributed by atoms with Crippen LogP contribution in [0, 0.1) is 13.8 Å². The molecule has 206 valence electrons. The third-order valence-electron chi connectivity index (χ3n) is 6.92. The number of halogens is 3. The van der Waals surface area contributed by atoms with Crippen LogP contribution >= 0.6 is 0 Å². The molecule has 2 unspecified atom stereocenters. The number of alkyl halides is 3. The van der Waals surface area contributed by atoms with Crippen molar-refractivity contribution in [3.63, 3.8) is 0 Å². The van der Waals surface area contributed by atoms with E-state index < -0.39 is 23.6 Å². The van der Waals surface area contributed by atoms with Crippen LogP contribution in [0.1, 0.15) is 33.8 Å². The lowest BCUT2D eigenvalue weighted by molar-refractivity contribution is -0.137. The van der Waals surface area contributed by atoms with Gasteiger partial charge in [0, 0.05) is 37.8 Å². The smallest absolute Gasteiger partial charge is 0.371 e. The molecule has 0 aliphatic carbocycles. The van der Waals surface area contributed by atoms with E-state index in [0.717, 1.165) is 54.9 Å². The molecule has 1 aromatic heterocycles. The lowest BCUT2D eigenvalue weighted by Gasteiger charge is -2.24. The molecule has 2 aliphatic rings. The van der Waals surface area contributed by atoms with Gasteiger partial charge in [-0.15, -0.1) is 6.58 Å². The van der Waals surface area contributed by atoms with E-state index in [0.29, 0.717) is 19.7 Å². The van der Waals surface area contributed by atoms with Gasteiger partial charge in [0.15, 0.2) is 5.76 Å². The van der Waals surface area contributed by atoms with E-state index in [4.69, 9.17) is 9.26 Å². The highest BCUT2D eigenvalue weighted by Crippen LogP contribution is 2.31. The van der Waals surface area contributed by atoms with E-state index in [2.05, 4.69) is 32.2 Å². The van der Waals surface area contributed by atoms with Gasteiger partial charge in [-0.3, -0.25) is 14.5 Å². The van der Waals surface area contributed by atoms with E-state index in [1.165, 1.54) is 6.07 Å². The summed E-state index contributed by atoms with van der Waals surface area (Å²) in [5, 5.41) is 9.37. The Hall–Kier alpha value is -3.38. The molecule has 2 saturated heterocycles. The molecule has 3 heterocycles. The zero-order valence-corrected chi connectivity index (χ0v) is 21.4. The van der Waals surface area contributed by atoms with Crippen LogP contribution in [-0.2, 0) is 15.7 Å². The lowest BCUT2D eigenvalue weighted by atomic mass is 10.1. The number of amides is 2. The molecule has 2 aliphatic heterocycles. The van der Waals surface area contributed by atoms with Crippen molar-refractivity contribution in [3.05, 3.63) is 59.5 Å². The van der Waals surface area contributed by atoms with Crippen LogP contribution in [0.4, 0.5) is 18.9 Å². The van der Waals surface area contributed by atoms with Crippen molar-refractivity contribution >= 4 is 17.5 Å². The molecule has 2 fully saturated rings. The molecule has 0 radical (unpaired) electrons. The maximum absolute atomic E-state index is 12.9. The first-order valence-corrected chi connectivity index (χ1v) is 12.5. The number of benzene rings is 1. The quantitative estimate of drug-likeness (QED) is 0.477. The second-order valence-electron chi connectivity index (χ2n) is 9.61. The number of hydrogen-bond donors (Lipinski definition) is 2. The number of nitrogens with zero attached hydrogens (tertiary/aromatic N) is 3. The van der Waals surface area contributed by atoms with E-state index >= 15 is 0 Å². The summed E-state index contributed by atoms with van der Waals surface area (Å²) in [6.45, 7) is 10.3. The van der Waals surface area contributed by atoms with Crippen LogP contribution in [-0.4, -0.2) is 79.4 Å². The summed E-state index contributed by atoms with van der Waals surface area (Å²) < 4.78 is 50.1. The monoisotopic (exact) mass is 535 g/mol. The first-order chi connectivity index (χ1) is 18.1. The van der Waals surface area contributed by atoms with Crippen molar-refractivity contribution in [2.75, 3.05) is 44.2 Å². The Bertz CT molecular complexity index is 1150. The predicted molar refractivity (Wildman–Crippen MR) is 134 cm³/mol. The Morgan fingerprint density at radius 2 is 2.05 bits per heavy atom. The third-order valence-corrected chi connectivity index (χ3v) is 6.92. The van der Waals surface area contributed by atoms with Gasteiger partial charge in [-0.1, -0.05) is 17.3 Å². The molecular formula is C26H32F3N5O4. The number of anilines is 1. The van der Waals surface area contributed by atoms with Gasteiger partial charge in [0.1, 0.15) is 11.4 Å². The lowest BCUT2D eigenvalue weighted by Crippen LogP contribution is -2.48. The molecule has 4 rings (SSSR count). The molecule has 9 nitrogen and oxygen atoms in total. The van der Waals surface area contributed by atoms with Crippen molar-refractivity contribution in [2.24, 2.45) is 0 Å². The SMILES string of the molecule is C=CCO[C@H]1CN(C2CCN(c3c(C)noc3C)C2)CC1NC(=O)CNC(=O)c1cccc(C(F)(F)F)c1. The van der Waals surface area contributed by atoms with Crippen LogP contribution in [0.3, 0.4) is 0 Å². The second-order valence-corrected chi connectivity index (χ2v) is 9.61. The molecule has 0 spiro atoms. The zero-order valence-electron chi connectivity index (χ0n) is 21.4. The predicted octanol–water partition coefficient (Wildman–Crippen LogP) is 2.69. The van der Waals surface area contributed by atoms with Gasteiger partial charge in [-0.2, -0.15) is 13.2 Å². The number of rotatable bonds is 9. The number of aromatic nitrogens is 1. The van der Waals surface area contributed by atoms with Crippen LogP contribution in [0.5, 0.6) is 0 Å². The Morgan fingerprint density at radius 3 is 2.74 bits per heavy atom. The number of likely N-dealkylation sites (tertiary alicyclic amines) is 1. The minimum atomic E-state index is -4.56.